The predicted molar refractivity (Wildman–Crippen MR) is 194 cm³/mol. The van der Waals surface area contributed by atoms with Crippen LogP contribution >= 0.6 is 11.9 Å². The number of aromatic nitrogens is 2. The lowest BCUT2D eigenvalue weighted by molar-refractivity contribution is -0.126. The van der Waals surface area contributed by atoms with Crippen LogP contribution in [-0.4, -0.2) is 64.6 Å². The number of H-pyrrole nitrogens is 2. The van der Waals surface area contributed by atoms with Crippen LogP contribution in [0, 0.1) is 0 Å². The van der Waals surface area contributed by atoms with Gasteiger partial charge in [-0.25, -0.2) is 4.79 Å². The van der Waals surface area contributed by atoms with Gasteiger partial charge < -0.3 is 31.7 Å². The second-order valence-electron chi connectivity index (χ2n) is 10.1. The quantitative estimate of drug-likeness (QED) is 0.0350. The summed E-state index contributed by atoms with van der Waals surface area (Å²) in [5, 5.41) is 2.50. The van der Waals surface area contributed by atoms with Crippen molar-refractivity contribution in [1.82, 2.24) is 19.6 Å². The van der Waals surface area contributed by atoms with E-state index in [2.05, 4.69) is 52.6 Å². The molecule has 12 heteroatoms. The maximum atomic E-state index is 11.6. The number of nitrogens with zero attached hydrogens (tertiary/aromatic N) is 1. The van der Waals surface area contributed by atoms with Crippen molar-refractivity contribution in [3.8, 4) is 0 Å². The number of Topliss-reactive ketones (excluding diaryl/α,β-unsaturated/α-hetero) is 1. The Balaban J connectivity index is 0.000000673. The summed E-state index contributed by atoms with van der Waals surface area (Å²) in [6.45, 7) is 17.8. The molecule has 0 saturated carbocycles. The first-order valence-electron chi connectivity index (χ1n) is 15.5. The van der Waals surface area contributed by atoms with Gasteiger partial charge in [0.2, 0.25) is 5.91 Å². The zero-order valence-electron chi connectivity index (χ0n) is 28.3. The lowest BCUT2D eigenvalue weighted by Crippen LogP contribution is -2.41. The molecule has 254 valence electrons. The minimum absolute atomic E-state index is 0.0862. The molecule has 3 rings (SSSR count). The third-order valence-corrected chi connectivity index (χ3v) is 6.71. The van der Waals surface area contributed by atoms with Gasteiger partial charge in [-0.1, -0.05) is 52.3 Å². The Morgan fingerprint density at radius 2 is 1.57 bits per heavy atom. The standard InChI is InChI=1S/C13H23N3S.C11H12N4O3.C7H10O.C3H8/c1-3-16(4-2)11-5-10-15-17-13-8-6-12(14)7-9-13;1-5(16)9(12)10(17)13-6-2-3-7-8(4-6)15-11(18)14-7;1-3-4-5-6-7(2)8;1-3-2/h6-9,15H,3-5,10-11,14H2,1-2H3;2-4,9H,12H2,1H3,(H,13,17)(H2,14,15,18);3-6H,1-2H3;3H2,1-2H3/b;;4-3+,6-5+;. The lowest BCUT2D eigenvalue weighted by Gasteiger charge is -2.17. The maximum absolute atomic E-state index is 11.6. The van der Waals surface area contributed by atoms with Crippen molar-refractivity contribution < 1.29 is 14.4 Å². The third kappa shape index (κ3) is 19.4. The topological polar surface area (TPSA) is 179 Å². The zero-order chi connectivity index (χ0) is 34.9. The van der Waals surface area contributed by atoms with Crippen molar-refractivity contribution in [3.05, 3.63) is 77.3 Å². The molecule has 2 aromatic carbocycles. The highest BCUT2D eigenvalue weighted by Gasteiger charge is 2.18. The lowest BCUT2D eigenvalue weighted by atomic mass is 10.2. The molecule has 11 nitrogen and oxygen atoms in total. The Morgan fingerprint density at radius 1 is 0.957 bits per heavy atom. The van der Waals surface area contributed by atoms with E-state index in [1.165, 1.54) is 44.2 Å². The van der Waals surface area contributed by atoms with Crippen LogP contribution in [0.1, 0.15) is 61.3 Å². The number of anilines is 2. The number of nitrogens with two attached hydrogens (primary N) is 2. The van der Waals surface area contributed by atoms with E-state index in [0.29, 0.717) is 16.7 Å². The van der Waals surface area contributed by atoms with Crippen LogP contribution in [0.15, 0.2) is 76.5 Å². The first kappa shape index (κ1) is 42.0. The average molecular weight is 656 g/mol. The van der Waals surface area contributed by atoms with E-state index in [1.54, 1.807) is 36.2 Å². The van der Waals surface area contributed by atoms with Gasteiger partial charge >= 0.3 is 5.69 Å². The Kier molecular flexibility index (Phi) is 23.1. The number of rotatable bonds is 13. The average Bonchev–Trinajstić information content (AvgIpc) is 3.39. The number of amides is 1. The van der Waals surface area contributed by atoms with Gasteiger partial charge in [0.05, 0.1) is 11.0 Å². The summed E-state index contributed by atoms with van der Waals surface area (Å²) >= 11 is 1.67. The van der Waals surface area contributed by atoms with Crippen molar-refractivity contribution in [3.63, 3.8) is 0 Å². The molecule has 0 aliphatic heterocycles. The molecule has 1 atom stereocenters. The highest BCUT2D eigenvalue weighted by atomic mass is 32.2. The van der Waals surface area contributed by atoms with E-state index in [0.717, 1.165) is 25.3 Å². The Bertz CT molecular complexity index is 1410. The fourth-order valence-electron chi connectivity index (χ4n) is 3.40. The highest BCUT2D eigenvalue weighted by molar-refractivity contribution is 7.97. The summed E-state index contributed by atoms with van der Waals surface area (Å²) in [5.41, 5.74) is 13.2. The fraction of sp³-hybridized carbons (Fsp3) is 0.412. The van der Waals surface area contributed by atoms with Crippen LogP contribution < -0.4 is 27.2 Å². The Hall–Kier alpha value is -3.97. The minimum atomic E-state index is -1.19. The van der Waals surface area contributed by atoms with Crippen molar-refractivity contribution >= 4 is 51.8 Å². The molecule has 0 saturated heterocycles. The van der Waals surface area contributed by atoms with Gasteiger partial charge in [-0.05, 0) is 107 Å². The largest absolute Gasteiger partial charge is 0.399 e. The first-order chi connectivity index (χ1) is 21.9. The van der Waals surface area contributed by atoms with Crippen LogP contribution in [0.2, 0.25) is 0 Å². The molecule has 1 aromatic heterocycles. The number of imidazole rings is 1. The van der Waals surface area contributed by atoms with Crippen molar-refractivity contribution in [2.45, 2.75) is 72.2 Å². The first-order valence-corrected chi connectivity index (χ1v) is 16.3. The molecule has 3 aromatic rings. The number of benzene rings is 2. The fourth-order valence-corrected chi connectivity index (χ4v) is 4.09. The monoisotopic (exact) mass is 655 g/mol. The van der Waals surface area contributed by atoms with Gasteiger partial charge in [-0.3, -0.25) is 19.1 Å². The number of aromatic amines is 2. The van der Waals surface area contributed by atoms with E-state index in [4.69, 9.17) is 11.5 Å². The number of carbonyl (C=O) groups is 3. The number of nitrogens with one attached hydrogen (secondary N) is 4. The second kappa shape index (κ2) is 25.2. The van der Waals surface area contributed by atoms with E-state index in [1.807, 2.05) is 43.3 Å². The van der Waals surface area contributed by atoms with Crippen LogP contribution in [0.5, 0.6) is 0 Å². The molecular formula is C34H53N7O4S. The van der Waals surface area contributed by atoms with E-state index < -0.39 is 17.7 Å². The Morgan fingerprint density at radius 3 is 2.11 bits per heavy atom. The molecule has 0 spiro atoms. The van der Waals surface area contributed by atoms with E-state index in [-0.39, 0.29) is 11.5 Å². The molecule has 1 heterocycles. The van der Waals surface area contributed by atoms with Crippen LogP contribution in [0.4, 0.5) is 11.4 Å². The predicted octanol–water partition coefficient (Wildman–Crippen LogP) is 5.43. The van der Waals surface area contributed by atoms with Gasteiger partial charge in [-0.15, -0.1) is 0 Å². The minimum Gasteiger partial charge on any atom is -0.399 e. The van der Waals surface area contributed by atoms with Crippen LogP contribution in [0.3, 0.4) is 0 Å². The molecule has 0 bridgehead atoms. The number of ketones is 2. The molecule has 1 amide bonds. The van der Waals surface area contributed by atoms with Crippen molar-refractivity contribution in [1.29, 1.82) is 0 Å². The van der Waals surface area contributed by atoms with Gasteiger partial charge in [0, 0.05) is 22.8 Å². The van der Waals surface area contributed by atoms with Crippen molar-refractivity contribution in [2.24, 2.45) is 5.73 Å². The molecule has 0 aliphatic rings. The number of hydrogen-bond acceptors (Lipinski definition) is 9. The summed E-state index contributed by atoms with van der Waals surface area (Å²) in [5.74, 6) is -0.911. The summed E-state index contributed by atoms with van der Waals surface area (Å²) in [6, 6.07) is 11.6. The Labute approximate surface area is 277 Å². The summed E-state index contributed by atoms with van der Waals surface area (Å²) < 4.78 is 3.37. The van der Waals surface area contributed by atoms with Crippen LogP contribution in [-0.2, 0) is 14.4 Å². The smallest absolute Gasteiger partial charge is 0.323 e. The van der Waals surface area contributed by atoms with Crippen LogP contribution in [0.25, 0.3) is 11.0 Å². The van der Waals surface area contributed by atoms with Gasteiger partial charge in [0.1, 0.15) is 6.04 Å². The molecule has 0 aliphatic carbocycles. The molecular weight excluding hydrogens is 602 g/mol. The number of carbonyl (C=O) groups excluding carboxylic acids is 3. The SMILES string of the molecule is C/C=C/C=C/C(C)=O.CC(=O)C(N)C(=O)Nc1ccc2[nH]c(=O)[nH]c2c1.CCC.CCN(CC)CCCNSc1ccc(N)cc1. The van der Waals surface area contributed by atoms with Gasteiger partial charge in [0.15, 0.2) is 11.6 Å². The summed E-state index contributed by atoms with van der Waals surface area (Å²) in [4.78, 5) is 52.6. The number of nitrogen functional groups attached to an aromatic ring is 1. The summed E-state index contributed by atoms with van der Waals surface area (Å²) in [6.07, 6.45) is 9.38. The summed E-state index contributed by atoms with van der Waals surface area (Å²) in [7, 11) is 0. The van der Waals surface area contributed by atoms with Gasteiger partial charge in [0.25, 0.3) is 0 Å². The van der Waals surface area contributed by atoms with Crippen molar-refractivity contribution in [2.75, 3.05) is 37.2 Å². The molecule has 0 fully saturated rings. The number of allylic oxidation sites excluding steroid dienone is 4. The second-order valence-corrected chi connectivity index (χ2v) is 11.0. The number of hydrogen-bond donors (Lipinski definition) is 6. The van der Waals surface area contributed by atoms with E-state index >= 15 is 0 Å². The third-order valence-electron chi connectivity index (χ3n) is 5.86. The number of fused-ring (bicyclic) bond motifs is 1. The van der Waals surface area contributed by atoms with Gasteiger partial charge in [-0.2, -0.15) is 0 Å². The molecule has 8 N–H and O–H groups in total. The zero-order valence-corrected chi connectivity index (χ0v) is 29.1. The van der Waals surface area contributed by atoms with E-state index in [9.17, 15) is 19.2 Å². The molecule has 1 unspecified atom stereocenters. The maximum Gasteiger partial charge on any atom is 0.323 e. The molecule has 0 radical (unpaired) electrons. The molecule has 46 heavy (non-hydrogen) atoms. The highest BCUT2D eigenvalue weighted by Crippen LogP contribution is 2.16. The normalized spacial score (nSPS) is 11.2.